The minimum absolute atomic E-state index is 0.0487. The number of alkyl halides is 3. The molecule has 2 aromatic heterocycles. The minimum atomic E-state index is -4.66. The summed E-state index contributed by atoms with van der Waals surface area (Å²) in [6.45, 7) is 0. The molecule has 2 amide bonds. The summed E-state index contributed by atoms with van der Waals surface area (Å²) < 4.78 is 38.9. The molecule has 3 rings (SSSR count). The molecule has 1 aromatic carbocycles. The molecule has 0 fully saturated rings. The smallest absolute Gasteiger partial charge is 0.321 e. The minimum Gasteiger partial charge on any atom is -0.321 e. The second-order valence-corrected chi connectivity index (χ2v) is 6.68. The number of rotatable bonds is 4. The van der Waals surface area contributed by atoms with Crippen LogP contribution in [0.25, 0.3) is 0 Å². The van der Waals surface area contributed by atoms with Gasteiger partial charge in [0.05, 0.1) is 22.5 Å². The highest BCUT2D eigenvalue weighted by Gasteiger charge is 2.33. The summed E-state index contributed by atoms with van der Waals surface area (Å²) in [5.41, 5.74) is -0.897. The predicted octanol–water partition coefficient (Wildman–Crippen LogP) is 4.71. The number of carbonyl (C=O) groups is 2. The molecule has 144 valence electrons. The average Bonchev–Trinajstić information content (AvgIpc) is 3.11. The molecule has 2 N–H and O–H groups in total. The highest BCUT2D eigenvalue weighted by molar-refractivity contribution is 7.12. The molecule has 0 unspecified atom stereocenters. The summed E-state index contributed by atoms with van der Waals surface area (Å²) in [5, 5.41) is 5.98. The molecule has 0 radical (unpaired) electrons. The van der Waals surface area contributed by atoms with Crippen molar-refractivity contribution in [3.63, 3.8) is 0 Å². The van der Waals surface area contributed by atoms with E-state index in [0.717, 1.165) is 23.5 Å². The van der Waals surface area contributed by atoms with Gasteiger partial charge in [0.15, 0.2) is 0 Å². The van der Waals surface area contributed by atoms with Crippen molar-refractivity contribution in [3.8, 4) is 0 Å². The van der Waals surface area contributed by atoms with Crippen LogP contribution in [0.2, 0.25) is 5.02 Å². The zero-order valence-electron chi connectivity index (χ0n) is 13.7. The maximum Gasteiger partial charge on any atom is 0.417 e. The first kappa shape index (κ1) is 19.8. The molecule has 3 aromatic rings. The monoisotopic (exact) mass is 426 g/mol. The zero-order valence-corrected chi connectivity index (χ0v) is 15.3. The summed E-state index contributed by atoms with van der Waals surface area (Å²) >= 11 is 6.58. The fraction of sp³-hybridized carbons (Fsp3) is 0.0588. The fourth-order valence-corrected chi connectivity index (χ4v) is 3.16. The molecule has 0 aliphatic carbocycles. The maximum atomic E-state index is 13.0. The van der Waals surface area contributed by atoms with Gasteiger partial charge in [-0.05, 0) is 29.6 Å². The van der Waals surface area contributed by atoms with Crippen LogP contribution in [0.1, 0.15) is 25.7 Å². The van der Waals surface area contributed by atoms with Crippen molar-refractivity contribution < 1.29 is 22.8 Å². The quantitative estimate of drug-likeness (QED) is 0.632. The Kier molecular flexibility index (Phi) is 5.61. The normalized spacial score (nSPS) is 11.1. The van der Waals surface area contributed by atoms with Crippen LogP contribution in [0.4, 0.5) is 24.5 Å². The number of thiophene rings is 1. The van der Waals surface area contributed by atoms with E-state index in [4.69, 9.17) is 11.6 Å². The lowest BCUT2D eigenvalue weighted by Crippen LogP contribution is -2.17. The molecule has 11 heteroatoms. The summed E-state index contributed by atoms with van der Waals surface area (Å²) in [7, 11) is 0. The third-order valence-electron chi connectivity index (χ3n) is 3.45. The Morgan fingerprint density at radius 3 is 2.54 bits per heavy atom. The third-order valence-corrected chi connectivity index (χ3v) is 4.69. The highest BCUT2D eigenvalue weighted by atomic mass is 35.5. The number of halogens is 4. The van der Waals surface area contributed by atoms with Crippen molar-refractivity contribution in [2.24, 2.45) is 0 Å². The Hall–Kier alpha value is -2.98. The standard InChI is InChI=1S/C17H10ClF3N4O2S/c18-11-2-1-9(7-10(11)17(19,20)21)24-16(27)14-12(3-6-28-14)25-15(26)13-8-22-4-5-23-13/h1-8H,(H,24,27)(H,25,26). The van der Waals surface area contributed by atoms with Gasteiger partial charge in [-0.1, -0.05) is 11.6 Å². The Balaban J connectivity index is 1.78. The second kappa shape index (κ2) is 7.95. The van der Waals surface area contributed by atoms with Gasteiger partial charge >= 0.3 is 6.18 Å². The van der Waals surface area contributed by atoms with Crippen molar-refractivity contribution in [3.05, 3.63) is 69.4 Å². The van der Waals surface area contributed by atoms with Crippen LogP contribution in [0.15, 0.2) is 48.2 Å². The van der Waals surface area contributed by atoms with Crippen LogP contribution < -0.4 is 10.6 Å². The topological polar surface area (TPSA) is 84.0 Å². The Bertz CT molecular complexity index is 1020. The Morgan fingerprint density at radius 1 is 1.07 bits per heavy atom. The van der Waals surface area contributed by atoms with Gasteiger partial charge in [-0.3, -0.25) is 14.6 Å². The summed E-state index contributed by atoms with van der Waals surface area (Å²) in [4.78, 5) is 32.4. The molecular formula is C17H10ClF3N4O2S. The SMILES string of the molecule is O=C(Nc1ccsc1C(=O)Nc1ccc(Cl)c(C(F)(F)F)c1)c1cnccn1. The highest BCUT2D eigenvalue weighted by Crippen LogP contribution is 2.36. The van der Waals surface area contributed by atoms with Crippen molar-refractivity contribution in [2.75, 3.05) is 10.6 Å². The van der Waals surface area contributed by atoms with Gasteiger partial charge in [0.1, 0.15) is 10.6 Å². The first-order chi connectivity index (χ1) is 13.3. The number of hydrogen-bond acceptors (Lipinski definition) is 5. The van der Waals surface area contributed by atoms with E-state index in [0.29, 0.717) is 0 Å². The van der Waals surface area contributed by atoms with Gasteiger partial charge in [0.25, 0.3) is 11.8 Å². The lowest BCUT2D eigenvalue weighted by atomic mass is 10.2. The van der Waals surface area contributed by atoms with E-state index < -0.39 is 28.6 Å². The van der Waals surface area contributed by atoms with Crippen LogP contribution >= 0.6 is 22.9 Å². The molecule has 6 nitrogen and oxygen atoms in total. The molecule has 0 saturated carbocycles. The van der Waals surface area contributed by atoms with Gasteiger partial charge in [-0.15, -0.1) is 11.3 Å². The number of amides is 2. The van der Waals surface area contributed by atoms with Crippen molar-refractivity contribution >= 4 is 46.1 Å². The number of nitrogens with zero attached hydrogens (tertiary/aromatic N) is 2. The van der Waals surface area contributed by atoms with E-state index in [2.05, 4.69) is 20.6 Å². The summed E-state index contributed by atoms with van der Waals surface area (Å²) in [6.07, 6.45) is -0.652. The Morgan fingerprint density at radius 2 is 1.86 bits per heavy atom. The van der Waals surface area contributed by atoms with Crippen molar-refractivity contribution in [1.29, 1.82) is 0 Å². The van der Waals surface area contributed by atoms with Gasteiger partial charge in [-0.2, -0.15) is 13.2 Å². The largest absolute Gasteiger partial charge is 0.417 e. The summed E-state index contributed by atoms with van der Waals surface area (Å²) in [6, 6.07) is 4.54. The molecule has 0 aliphatic rings. The molecule has 0 atom stereocenters. The second-order valence-electron chi connectivity index (χ2n) is 5.35. The molecule has 0 spiro atoms. The van der Waals surface area contributed by atoms with Gasteiger partial charge in [0, 0.05) is 18.1 Å². The van der Waals surface area contributed by atoms with Crippen LogP contribution in [-0.4, -0.2) is 21.8 Å². The van der Waals surface area contributed by atoms with E-state index in [9.17, 15) is 22.8 Å². The predicted molar refractivity (Wildman–Crippen MR) is 98.7 cm³/mol. The number of nitrogens with one attached hydrogen (secondary N) is 2. The molecule has 0 saturated heterocycles. The lowest BCUT2D eigenvalue weighted by molar-refractivity contribution is -0.137. The van der Waals surface area contributed by atoms with Crippen LogP contribution in [0.5, 0.6) is 0 Å². The number of carbonyl (C=O) groups excluding carboxylic acids is 2. The fourth-order valence-electron chi connectivity index (χ4n) is 2.19. The maximum absolute atomic E-state index is 13.0. The van der Waals surface area contributed by atoms with Crippen LogP contribution in [0.3, 0.4) is 0 Å². The lowest BCUT2D eigenvalue weighted by Gasteiger charge is -2.12. The van der Waals surface area contributed by atoms with E-state index in [-0.39, 0.29) is 21.9 Å². The molecule has 2 heterocycles. The molecule has 0 aliphatic heterocycles. The van der Waals surface area contributed by atoms with Gasteiger partial charge < -0.3 is 10.6 Å². The van der Waals surface area contributed by atoms with E-state index in [1.165, 1.54) is 30.7 Å². The van der Waals surface area contributed by atoms with Gasteiger partial charge in [0.2, 0.25) is 0 Å². The Labute approximate surface area is 165 Å². The number of hydrogen-bond donors (Lipinski definition) is 2. The van der Waals surface area contributed by atoms with Gasteiger partial charge in [-0.25, -0.2) is 4.98 Å². The summed E-state index contributed by atoms with van der Waals surface area (Å²) in [5.74, 6) is -1.26. The zero-order chi connectivity index (χ0) is 20.3. The molecule has 0 bridgehead atoms. The number of anilines is 2. The van der Waals surface area contributed by atoms with Crippen LogP contribution in [-0.2, 0) is 6.18 Å². The molecular weight excluding hydrogens is 417 g/mol. The van der Waals surface area contributed by atoms with E-state index in [1.807, 2.05) is 0 Å². The third kappa shape index (κ3) is 4.46. The van der Waals surface area contributed by atoms with Crippen LogP contribution in [0, 0.1) is 0 Å². The first-order valence-electron chi connectivity index (χ1n) is 7.58. The first-order valence-corrected chi connectivity index (χ1v) is 8.84. The van der Waals surface area contributed by atoms with E-state index in [1.54, 1.807) is 5.38 Å². The number of benzene rings is 1. The van der Waals surface area contributed by atoms with Crippen molar-refractivity contribution in [1.82, 2.24) is 9.97 Å². The number of aromatic nitrogens is 2. The van der Waals surface area contributed by atoms with E-state index >= 15 is 0 Å². The average molecular weight is 427 g/mol. The molecule has 28 heavy (non-hydrogen) atoms. The van der Waals surface area contributed by atoms with Crippen molar-refractivity contribution in [2.45, 2.75) is 6.18 Å².